The van der Waals surface area contributed by atoms with E-state index in [-0.39, 0.29) is 12.3 Å². The van der Waals surface area contributed by atoms with E-state index in [1.165, 1.54) is 11.3 Å². The van der Waals surface area contributed by atoms with Crippen LogP contribution in [0.2, 0.25) is 5.02 Å². The van der Waals surface area contributed by atoms with Crippen molar-refractivity contribution in [1.82, 2.24) is 14.8 Å². The molecule has 0 atom stereocenters. The number of nitrogens with zero attached hydrogens (tertiary/aromatic N) is 3. The fourth-order valence-corrected chi connectivity index (χ4v) is 3.92. The van der Waals surface area contributed by atoms with Crippen molar-refractivity contribution in [3.05, 3.63) is 51.6 Å². The molecule has 1 N–H and O–H groups in total. The Hall–Kier alpha value is -2.18. The number of hydrogen-bond acceptors (Lipinski definition) is 4. The van der Waals surface area contributed by atoms with Crippen molar-refractivity contribution in [2.24, 2.45) is 5.92 Å². The van der Waals surface area contributed by atoms with Crippen LogP contribution in [0.3, 0.4) is 0 Å². The van der Waals surface area contributed by atoms with Gasteiger partial charge in [0.2, 0.25) is 5.91 Å². The largest absolute Gasteiger partial charge is 0.302 e. The van der Waals surface area contributed by atoms with E-state index in [9.17, 15) is 4.79 Å². The zero-order valence-corrected chi connectivity index (χ0v) is 17.5. The summed E-state index contributed by atoms with van der Waals surface area (Å²) >= 11 is 7.61. The summed E-state index contributed by atoms with van der Waals surface area (Å²) in [4.78, 5) is 17.0. The van der Waals surface area contributed by atoms with Crippen LogP contribution in [0.15, 0.2) is 29.6 Å². The van der Waals surface area contributed by atoms with Gasteiger partial charge in [0, 0.05) is 33.8 Å². The van der Waals surface area contributed by atoms with Crippen molar-refractivity contribution in [2.45, 2.75) is 40.7 Å². The lowest BCUT2D eigenvalue weighted by Gasteiger charge is -2.08. The number of hydrogen-bond donors (Lipinski definition) is 1. The summed E-state index contributed by atoms with van der Waals surface area (Å²) in [5, 5.41) is 10.6. The summed E-state index contributed by atoms with van der Waals surface area (Å²) in [7, 11) is 0. The standard InChI is InChI=1S/C20H23ClN4OS/c1-12(2)10-25-14(4)16(13(3)24-25)9-19(26)23-20-22-18(11-27-20)15-7-5-6-8-17(15)21/h5-8,11-12H,9-10H2,1-4H3,(H,22,23,26). The Labute approximate surface area is 168 Å². The molecule has 3 rings (SSSR count). The summed E-state index contributed by atoms with van der Waals surface area (Å²) in [6, 6.07) is 7.54. The van der Waals surface area contributed by atoms with Gasteiger partial charge < -0.3 is 5.32 Å². The minimum absolute atomic E-state index is 0.0923. The van der Waals surface area contributed by atoms with Crippen LogP contribution in [0.25, 0.3) is 11.3 Å². The van der Waals surface area contributed by atoms with Crippen molar-refractivity contribution < 1.29 is 4.79 Å². The van der Waals surface area contributed by atoms with E-state index in [0.717, 1.165) is 34.8 Å². The summed E-state index contributed by atoms with van der Waals surface area (Å²) in [5.74, 6) is 0.411. The number of thiazole rings is 1. The lowest BCUT2D eigenvalue weighted by Crippen LogP contribution is -2.15. The summed E-state index contributed by atoms with van der Waals surface area (Å²) < 4.78 is 1.99. The van der Waals surface area contributed by atoms with Gasteiger partial charge in [0.1, 0.15) is 0 Å². The number of benzene rings is 1. The Bertz CT molecular complexity index is 961. The molecule has 3 aromatic rings. The average Bonchev–Trinajstić information content (AvgIpc) is 3.15. The molecule has 27 heavy (non-hydrogen) atoms. The molecule has 0 unspecified atom stereocenters. The highest BCUT2D eigenvalue weighted by Gasteiger charge is 2.17. The molecule has 5 nitrogen and oxygen atoms in total. The Morgan fingerprint density at radius 2 is 2.04 bits per heavy atom. The van der Waals surface area contributed by atoms with E-state index in [0.29, 0.717) is 16.1 Å². The van der Waals surface area contributed by atoms with Crippen molar-refractivity contribution in [2.75, 3.05) is 5.32 Å². The molecule has 0 fully saturated rings. The predicted molar refractivity (Wildman–Crippen MR) is 111 cm³/mol. The third-order valence-corrected chi connectivity index (χ3v) is 5.39. The molecule has 142 valence electrons. The maximum absolute atomic E-state index is 12.5. The van der Waals surface area contributed by atoms with E-state index in [2.05, 4.69) is 29.2 Å². The molecule has 0 aliphatic carbocycles. The van der Waals surface area contributed by atoms with E-state index in [1.807, 2.05) is 48.2 Å². The molecule has 0 saturated heterocycles. The minimum Gasteiger partial charge on any atom is -0.302 e. The van der Waals surface area contributed by atoms with Gasteiger partial charge in [-0.3, -0.25) is 9.48 Å². The smallest absolute Gasteiger partial charge is 0.230 e. The van der Waals surface area contributed by atoms with Gasteiger partial charge in [0.05, 0.1) is 17.8 Å². The zero-order chi connectivity index (χ0) is 19.6. The number of halogens is 1. The van der Waals surface area contributed by atoms with Crippen LogP contribution in [0, 0.1) is 19.8 Å². The number of rotatable bonds is 6. The predicted octanol–water partition coefficient (Wildman–Crippen LogP) is 5.11. The summed E-state index contributed by atoms with van der Waals surface area (Å²) in [6.07, 6.45) is 0.288. The highest BCUT2D eigenvalue weighted by atomic mass is 35.5. The highest BCUT2D eigenvalue weighted by Crippen LogP contribution is 2.30. The van der Waals surface area contributed by atoms with Crippen LogP contribution in [0.4, 0.5) is 5.13 Å². The first-order valence-electron chi connectivity index (χ1n) is 8.88. The number of amides is 1. The summed E-state index contributed by atoms with van der Waals surface area (Å²) in [5.41, 5.74) is 4.55. The molecule has 2 aromatic heterocycles. The molecule has 0 radical (unpaired) electrons. The summed E-state index contributed by atoms with van der Waals surface area (Å²) in [6.45, 7) is 9.13. The van der Waals surface area contributed by atoms with Gasteiger partial charge >= 0.3 is 0 Å². The second-order valence-electron chi connectivity index (χ2n) is 6.97. The molecule has 1 amide bonds. The quantitative estimate of drug-likeness (QED) is 0.622. The first-order valence-corrected chi connectivity index (χ1v) is 10.1. The second-order valence-corrected chi connectivity index (χ2v) is 8.23. The van der Waals surface area contributed by atoms with Gasteiger partial charge in [-0.1, -0.05) is 43.6 Å². The van der Waals surface area contributed by atoms with Crippen molar-refractivity contribution in [3.8, 4) is 11.3 Å². The third-order valence-electron chi connectivity index (χ3n) is 4.31. The monoisotopic (exact) mass is 402 g/mol. The molecule has 0 saturated carbocycles. The topological polar surface area (TPSA) is 59.8 Å². The van der Waals surface area contributed by atoms with Crippen LogP contribution in [0.1, 0.15) is 30.8 Å². The van der Waals surface area contributed by atoms with E-state index < -0.39 is 0 Å². The Kier molecular flexibility index (Phi) is 5.97. The Morgan fingerprint density at radius 1 is 1.30 bits per heavy atom. The third kappa shape index (κ3) is 4.57. The first kappa shape index (κ1) is 19.6. The molecule has 0 bridgehead atoms. The lowest BCUT2D eigenvalue weighted by molar-refractivity contribution is -0.115. The van der Waals surface area contributed by atoms with E-state index in [4.69, 9.17) is 11.6 Å². The van der Waals surface area contributed by atoms with Gasteiger partial charge in [-0.15, -0.1) is 11.3 Å². The Morgan fingerprint density at radius 3 is 2.74 bits per heavy atom. The van der Waals surface area contributed by atoms with Gasteiger partial charge in [-0.05, 0) is 25.8 Å². The number of carbonyl (C=O) groups excluding carboxylic acids is 1. The minimum atomic E-state index is -0.0923. The second kappa shape index (κ2) is 8.23. The van der Waals surface area contributed by atoms with Crippen LogP contribution < -0.4 is 5.32 Å². The van der Waals surface area contributed by atoms with Crippen molar-refractivity contribution in [3.63, 3.8) is 0 Å². The van der Waals surface area contributed by atoms with Crippen LogP contribution in [-0.4, -0.2) is 20.7 Å². The average molecular weight is 403 g/mol. The number of aryl methyl sites for hydroxylation is 1. The molecular weight excluding hydrogens is 380 g/mol. The maximum atomic E-state index is 12.5. The Balaban J connectivity index is 1.71. The lowest BCUT2D eigenvalue weighted by atomic mass is 10.1. The van der Waals surface area contributed by atoms with E-state index >= 15 is 0 Å². The fourth-order valence-electron chi connectivity index (χ4n) is 2.96. The molecule has 0 aliphatic rings. The molecule has 0 spiro atoms. The number of nitrogens with one attached hydrogen (secondary N) is 1. The van der Waals surface area contributed by atoms with Crippen LogP contribution >= 0.6 is 22.9 Å². The molecular formula is C20H23ClN4OS. The zero-order valence-electron chi connectivity index (χ0n) is 15.9. The van der Waals surface area contributed by atoms with Crippen LogP contribution in [-0.2, 0) is 17.8 Å². The SMILES string of the molecule is Cc1nn(CC(C)C)c(C)c1CC(=O)Nc1nc(-c2ccccc2Cl)cs1. The fraction of sp³-hybridized carbons (Fsp3) is 0.350. The normalized spacial score (nSPS) is 11.2. The molecule has 7 heteroatoms. The van der Waals surface area contributed by atoms with Gasteiger partial charge in [0.25, 0.3) is 0 Å². The van der Waals surface area contributed by atoms with Crippen molar-refractivity contribution >= 4 is 34.0 Å². The maximum Gasteiger partial charge on any atom is 0.230 e. The number of aromatic nitrogens is 3. The van der Waals surface area contributed by atoms with E-state index in [1.54, 1.807) is 0 Å². The molecule has 1 aromatic carbocycles. The first-order chi connectivity index (χ1) is 12.8. The van der Waals surface area contributed by atoms with Gasteiger partial charge in [-0.2, -0.15) is 5.10 Å². The highest BCUT2D eigenvalue weighted by molar-refractivity contribution is 7.14. The van der Waals surface area contributed by atoms with Gasteiger partial charge in [-0.25, -0.2) is 4.98 Å². The molecule has 0 aliphatic heterocycles. The van der Waals surface area contributed by atoms with Crippen LogP contribution in [0.5, 0.6) is 0 Å². The van der Waals surface area contributed by atoms with Gasteiger partial charge in [0.15, 0.2) is 5.13 Å². The number of anilines is 1. The van der Waals surface area contributed by atoms with Crippen molar-refractivity contribution in [1.29, 1.82) is 0 Å². The number of carbonyl (C=O) groups is 1. The molecule has 2 heterocycles.